The fourth-order valence-electron chi connectivity index (χ4n) is 1.84. The molecule has 1 aromatic carbocycles. The van der Waals surface area contributed by atoms with Gasteiger partial charge in [0.25, 0.3) is 0 Å². The van der Waals surface area contributed by atoms with Crippen molar-refractivity contribution in [2.75, 3.05) is 6.61 Å². The lowest BCUT2D eigenvalue weighted by atomic mass is 10.0. The van der Waals surface area contributed by atoms with Crippen molar-refractivity contribution in [3.63, 3.8) is 0 Å². The van der Waals surface area contributed by atoms with Crippen molar-refractivity contribution >= 4 is 33.5 Å². The van der Waals surface area contributed by atoms with Crippen LogP contribution in [0.3, 0.4) is 0 Å². The van der Waals surface area contributed by atoms with Gasteiger partial charge >= 0.3 is 5.97 Å². The molecule has 2 N–H and O–H groups in total. The monoisotopic (exact) mass is 365 g/mol. The van der Waals surface area contributed by atoms with Crippen LogP contribution in [0.5, 0.6) is 0 Å². The Labute approximate surface area is 131 Å². The first-order valence-corrected chi connectivity index (χ1v) is 7.68. The molecule has 0 spiro atoms. The highest BCUT2D eigenvalue weighted by atomic mass is 79.9. The zero-order chi connectivity index (χ0) is 15.1. The van der Waals surface area contributed by atoms with Crippen molar-refractivity contribution in [2.45, 2.75) is 38.6 Å². The second-order valence-corrected chi connectivity index (χ2v) is 5.71. The van der Waals surface area contributed by atoms with Gasteiger partial charge in [-0.3, -0.25) is 4.79 Å². The smallest absolute Gasteiger partial charge is 0.305 e. The summed E-state index contributed by atoms with van der Waals surface area (Å²) in [4.78, 5) is 11.2. The molecule has 1 unspecified atom stereocenters. The molecule has 0 heterocycles. The van der Waals surface area contributed by atoms with Crippen LogP contribution in [0.2, 0.25) is 5.02 Å². The minimum Gasteiger partial charge on any atom is -0.466 e. The lowest BCUT2D eigenvalue weighted by molar-refractivity contribution is -0.143. The van der Waals surface area contributed by atoms with Gasteiger partial charge in [-0.2, -0.15) is 0 Å². The van der Waals surface area contributed by atoms with E-state index in [2.05, 4.69) is 15.9 Å². The van der Waals surface area contributed by atoms with Crippen molar-refractivity contribution in [3.05, 3.63) is 33.0 Å². The van der Waals surface area contributed by atoms with E-state index in [0.717, 1.165) is 6.42 Å². The minimum atomic E-state index is -0.428. The summed E-state index contributed by atoms with van der Waals surface area (Å²) >= 11 is 9.10. The highest BCUT2D eigenvalue weighted by molar-refractivity contribution is 9.10. The first-order chi connectivity index (χ1) is 9.45. The van der Waals surface area contributed by atoms with Gasteiger partial charge in [0.15, 0.2) is 0 Å². The average molecular weight is 367 g/mol. The Morgan fingerprint density at radius 3 is 2.85 bits per heavy atom. The van der Waals surface area contributed by atoms with Crippen LogP contribution in [0, 0.1) is 5.82 Å². The van der Waals surface area contributed by atoms with Gasteiger partial charge in [0, 0.05) is 22.5 Å². The van der Waals surface area contributed by atoms with E-state index in [1.54, 1.807) is 6.92 Å². The van der Waals surface area contributed by atoms with E-state index in [1.807, 2.05) is 0 Å². The van der Waals surface area contributed by atoms with Crippen LogP contribution in [0.15, 0.2) is 16.6 Å². The minimum absolute atomic E-state index is 0.209. The molecular formula is C14H18BrClFNO2. The Kier molecular flexibility index (Phi) is 7.48. The number of rotatable bonds is 7. The third-order valence-corrected chi connectivity index (χ3v) is 4.09. The molecule has 0 saturated carbocycles. The molecular weight excluding hydrogens is 349 g/mol. The summed E-state index contributed by atoms with van der Waals surface area (Å²) in [5.74, 6) is -0.585. The van der Waals surface area contributed by atoms with E-state index in [-0.39, 0.29) is 11.8 Å². The summed E-state index contributed by atoms with van der Waals surface area (Å²) in [5, 5.41) is 0.434. The summed E-state index contributed by atoms with van der Waals surface area (Å²) in [7, 11) is 0. The van der Waals surface area contributed by atoms with Gasteiger partial charge in [0.05, 0.1) is 11.6 Å². The van der Waals surface area contributed by atoms with Crippen LogP contribution in [-0.4, -0.2) is 12.6 Å². The van der Waals surface area contributed by atoms with Crippen LogP contribution in [0.1, 0.15) is 44.2 Å². The molecule has 112 valence electrons. The molecule has 1 atom stereocenters. The number of carbonyl (C=O) groups is 1. The molecule has 0 bridgehead atoms. The Morgan fingerprint density at radius 2 is 2.20 bits per heavy atom. The molecule has 0 aliphatic rings. The second kappa shape index (κ2) is 8.60. The van der Waals surface area contributed by atoms with Crippen molar-refractivity contribution in [2.24, 2.45) is 5.73 Å². The number of carbonyl (C=O) groups excluding carboxylic acids is 1. The van der Waals surface area contributed by atoms with Crippen molar-refractivity contribution in [1.29, 1.82) is 0 Å². The number of hydrogen-bond acceptors (Lipinski definition) is 3. The largest absolute Gasteiger partial charge is 0.466 e. The molecule has 6 heteroatoms. The summed E-state index contributed by atoms with van der Waals surface area (Å²) in [5.41, 5.74) is 6.36. The molecule has 0 aliphatic carbocycles. The molecule has 0 saturated heterocycles. The number of benzene rings is 1. The van der Waals surface area contributed by atoms with Crippen LogP contribution in [0.4, 0.5) is 4.39 Å². The molecule has 3 nitrogen and oxygen atoms in total. The van der Waals surface area contributed by atoms with E-state index in [4.69, 9.17) is 22.1 Å². The Morgan fingerprint density at radius 1 is 1.50 bits per heavy atom. The van der Waals surface area contributed by atoms with E-state index in [1.165, 1.54) is 12.1 Å². The van der Waals surface area contributed by atoms with Gasteiger partial charge in [-0.05, 0) is 47.8 Å². The van der Waals surface area contributed by atoms with Crippen LogP contribution >= 0.6 is 27.5 Å². The van der Waals surface area contributed by atoms with Gasteiger partial charge in [0.1, 0.15) is 5.82 Å². The van der Waals surface area contributed by atoms with Crippen molar-refractivity contribution < 1.29 is 13.9 Å². The molecule has 0 aliphatic heterocycles. The molecule has 20 heavy (non-hydrogen) atoms. The summed E-state index contributed by atoms with van der Waals surface area (Å²) < 4.78 is 19.1. The topological polar surface area (TPSA) is 52.3 Å². The summed E-state index contributed by atoms with van der Waals surface area (Å²) in [6, 6.07) is 2.43. The van der Waals surface area contributed by atoms with E-state index < -0.39 is 6.04 Å². The third-order valence-electron chi connectivity index (χ3n) is 2.89. The number of unbranched alkanes of at least 4 members (excludes halogenated alkanes) is 1. The maximum atomic E-state index is 13.8. The average Bonchev–Trinajstić information content (AvgIpc) is 2.39. The first-order valence-electron chi connectivity index (χ1n) is 6.51. The fraction of sp³-hybridized carbons (Fsp3) is 0.500. The van der Waals surface area contributed by atoms with Crippen molar-refractivity contribution in [1.82, 2.24) is 0 Å². The summed E-state index contributed by atoms with van der Waals surface area (Å²) in [6.45, 7) is 2.16. The fourth-order valence-corrected chi connectivity index (χ4v) is 2.33. The number of hydrogen-bond donors (Lipinski definition) is 1. The zero-order valence-electron chi connectivity index (χ0n) is 11.3. The van der Waals surface area contributed by atoms with E-state index in [0.29, 0.717) is 40.9 Å². The molecule has 0 amide bonds. The zero-order valence-corrected chi connectivity index (χ0v) is 13.6. The van der Waals surface area contributed by atoms with Gasteiger partial charge in [0.2, 0.25) is 0 Å². The van der Waals surface area contributed by atoms with Crippen LogP contribution < -0.4 is 5.73 Å². The van der Waals surface area contributed by atoms with Crippen molar-refractivity contribution in [3.8, 4) is 0 Å². The quantitative estimate of drug-likeness (QED) is 0.443. The molecule has 0 radical (unpaired) electrons. The predicted octanol–water partition coefficient (Wildman–Crippen LogP) is 4.36. The third kappa shape index (κ3) is 5.38. The maximum absolute atomic E-state index is 13.8. The van der Waals surface area contributed by atoms with Gasteiger partial charge in [-0.15, -0.1) is 0 Å². The lowest BCUT2D eigenvalue weighted by Gasteiger charge is -2.14. The highest BCUT2D eigenvalue weighted by Crippen LogP contribution is 2.29. The number of esters is 1. The first kappa shape index (κ1) is 17.4. The highest BCUT2D eigenvalue weighted by Gasteiger charge is 2.14. The van der Waals surface area contributed by atoms with Crippen LogP contribution in [0.25, 0.3) is 0 Å². The lowest BCUT2D eigenvalue weighted by Crippen LogP contribution is -2.12. The van der Waals surface area contributed by atoms with Gasteiger partial charge < -0.3 is 10.5 Å². The normalized spacial score (nSPS) is 12.2. The molecule has 0 aromatic heterocycles. The Hall–Kier alpha value is -0.650. The predicted molar refractivity (Wildman–Crippen MR) is 81.1 cm³/mol. The molecule has 0 fully saturated rings. The van der Waals surface area contributed by atoms with Gasteiger partial charge in [-0.25, -0.2) is 4.39 Å². The van der Waals surface area contributed by atoms with E-state index in [9.17, 15) is 9.18 Å². The SMILES string of the molecule is CCOC(=O)CCCCC(N)c1cc(Cl)c(Br)cc1F. The molecule has 1 aromatic rings. The number of nitrogens with two attached hydrogens (primary N) is 1. The second-order valence-electron chi connectivity index (χ2n) is 4.45. The van der Waals surface area contributed by atoms with Gasteiger partial charge in [-0.1, -0.05) is 18.0 Å². The number of halogens is 3. The number of ether oxygens (including phenoxy) is 1. The molecule has 1 rings (SSSR count). The van der Waals surface area contributed by atoms with E-state index >= 15 is 0 Å². The maximum Gasteiger partial charge on any atom is 0.305 e. The Bertz CT molecular complexity index is 471. The summed E-state index contributed by atoms with van der Waals surface area (Å²) in [6.07, 6.45) is 2.37. The Balaban J connectivity index is 2.45. The standard InChI is InChI=1S/C14H18BrClFNO2/c1-2-20-14(19)6-4-3-5-13(18)9-7-11(16)10(15)8-12(9)17/h7-8,13H,2-6,18H2,1H3. The van der Waals surface area contributed by atoms with Crippen LogP contribution in [-0.2, 0) is 9.53 Å².